The molecule has 9 nitrogen and oxygen atoms in total. The van der Waals surface area contributed by atoms with E-state index in [1.807, 2.05) is 0 Å². The van der Waals surface area contributed by atoms with Crippen LogP contribution in [0.25, 0.3) is 10.9 Å². The molecule has 0 saturated carbocycles. The summed E-state index contributed by atoms with van der Waals surface area (Å²) in [5, 5.41) is 14.2. The summed E-state index contributed by atoms with van der Waals surface area (Å²) in [6.07, 6.45) is 0. The lowest BCUT2D eigenvalue weighted by atomic mass is 10.2. The minimum Gasteiger partial charge on any atom is -0.455 e. The summed E-state index contributed by atoms with van der Waals surface area (Å²) >= 11 is 6.21. The molecule has 1 aromatic heterocycles. The third-order valence-electron chi connectivity index (χ3n) is 3.70. The maximum atomic E-state index is 12.2. The number of halogens is 2. The number of hydrogen-bond donors (Lipinski definition) is 3. The molecule has 1 heterocycles. The van der Waals surface area contributed by atoms with Gasteiger partial charge in [-0.1, -0.05) is 11.6 Å². The van der Waals surface area contributed by atoms with Crippen LogP contribution in [0.1, 0.15) is 10.5 Å². The standard InChI is InChI=1S/C17H14ClN5O4.ClH/c1-20-17(19)22-16(24)13-8-11-12(18)6-7-14(15(11)21-13)27-10-4-2-9(3-5-10)23(25)26;/h2-8,21H,1H3,(H3,19,20,22,24);1H. The average Bonchev–Trinajstić information content (AvgIpc) is 3.11. The minimum absolute atomic E-state index is 0. The van der Waals surface area contributed by atoms with Crippen molar-refractivity contribution in [2.24, 2.45) is 10.7 Å². The van der Waals surface area contributed by atoms with Crippen molar-refractivity contribution in [3.63, 3.8) is 0 Å². The Morgan fingerprint density at radius 2 is 1.96 bits per heavy atom. The molecule has 0 aliphatic rings. The van der Waals surface area contributed by atoms with E-state index in [4.69, 9.17) is 22.1 Å². The summed E-state index contributed by atoms with van der Waals surface area (Å²) in [7, 11) is 1.45. The molecule has 4 N–H and O–H groups in total. The van der Waals surface area contributed by atoms with Gasteiger partial charge in [0.15, 0.2) is 11.7 Å². The first-order valence-electron chi connectivity index (χ1n) is 7.66. The smallest absolute Gasteiger partial charge is 0.274 e. The van der Waals surface area contributed by atoms with Crippen molar-refractivity contribution in [3.05, 3.63) is 63.3 Å². The van der Waals surface area contributed by atoms with Gasteiger partial charge in [-0.15, -0.1) is 12.4 Å². The molecule has 0 unspecified atom stereocenters. The lowest BCUT2D eigenvalue weighted by Gasteiger charge is -2.07. The fourth-order valence-electron chi connectivity index (χ4n) is 2.37. The number of aliphatic imine (C=N–C) groups is 1. The molecule has 0 aliphatic carbocycles. The first kappa shape index (κ1) is 21.0. The molecule has 0 radical (unpaired) electrons. The molecule has 28 heavy (non-hydrogen) atoms. The first-order chi connectivity index (χ1) is 12.9. The maximum Gasteiger partial charge on any atom is 0.274 e. The van der Waals surface area contributed by atoms with E-state index in [2.05, 4.69) is 15.3 Å². The molecule has 146 valence electrons. The van der Waals surface area contributed by atoms with Crippen LogP contribution < -0.4 is 15.8 Å². The van der Waals surface area contributed by atoms with Crippen LogP contribution in [0.15, 0.2) is 47.5 Å². The van der Waals surface area contributed by atoms with Crippen LogP contribution in [0.3, 0.4) is 0 Å². The number of amides is 1. The Bertz CT molecular complexity index is 1060. The predicted molar refractivity (Wildman–Crippen MR) is 109 cm³/mol. The fraction of sp³-hybridized carbons (Fsp3) is 0.0588. The topological polar surface area (TPSA) is 136 Å². The lowest BCUT2D eigenvalue weighted by molar-refractivity contribution is -0.384. The number of carbonyl (C=O) groups excluding carboxylic acids is 1. The third kappa shape index (κ3) is 4.33. The molecule has 0 aliphatic heterocycles. The average molecular weight is 424 g/mol. The number of carbonyl (C=O) groups is 1. The summed E-state index contributed by atoms with van der Waals surface area (Å²) in [4.78, 5) is 29.1. The van der Waals surface area contributed by atoms with E-state index in [9.17, 15) is 14.9 Å². The monoisotopic (exact) mass is 423 g/mol. The molecular weight excluding hydrogens is 409 g/mol. The van der Waals surface area contributed by atoms with Gasteiger partial charge in [0.2, 0.25) is 0 Å². The van der Waals surface area contributed by atoms with Crippen molar-refractivity contribution in [3.8, 4) is 11.5 Å². The Balaban J connectivity index is 0.00000280. The zero-order valence-electron chi connectivity index (χ0n) is 14.4. The van der Waals surface area contributed by atoms with Crippen molar-refractivity contribution >= 4 is 52.5 Å². The van der Waals surface area contributed by atoms with Crippen molar-refractivity contribution in [2.75, 3.05) is 7.05 Å². The predicted octanol–water partition coefficient (Wildman–Crippen LogP) is 3.62. The largest absolute Gasteiger partial charge is 0.455 e. The zero-order valence-corrected chi connectivity index (χ0v) is 16.0. The van der Waals surface area contributed by atoms with E-state index >= 15 is 0 Å². The second kappa shape index (κ2) is 8.59. The fourth-order valence-corrected chi connectivity index (χ4v) is 2.58. The molecule has 0 spiro atoms. The van der Waals surface area contributed by atoms with Crippen LogP contribution >= 0.6 is 24.0 Å². The Kier molecular flexibility index (Phi) is 6.45. The van der Waals surface area contributed by atoms with Crippen LogP contribution in [0.2, 0.25) is 5.02 Å². The van der Waals surface area contributed by atoms with Crippen molar-refractivity contribution in [1.29, 1.82) is 0 Å². The molecule has 0 bridgehead atoms. The van der Waals surface area contributed by atoms with Gasteiger partial charge in [-0.2, -0.15) is 0 Å². The number of nitro groups is 1. The summed E-state index contributed by atoms with van der Waals surface area (Å²) in [5.41, 5.74) is 6.18. The first-order valence-corrected chi connectivity index (χ1v) is 8.04. The van der Waals surface area contributed by atoms with Crippen molar-refractivity contribution in [1.82, 2.24) is 10.3 Å². The summed E-state index contributed by atoms with van der Waals surface area (Å²) in [5.74, 6) is 0.297. The van der Waals surface area contributed by atoms with Gasteiger partial charge < -0.3 is 15.5 Å². The minimum atomic E-state index is -0.495. The lowest BCUT2D eigenvalue weighted by Crippen LogP contribution is -2.36. The van der Waals surface area contributed by atoms with Crippen LogP contribution in [0.4, 0.5) is 5.69 Å². The van der Waals surface area contributed by atoms with E-state index in [0.29, 0.717) is 27.4 Å². The molecule has 1 amide bonds. The molecule has 0 saturated heterocycles. The molecule has 2 aromatic carbocycles. The number of rotatable bonds is 4. The highest BCUT2D eigenvalue weighted by Gasteiger charge is 2.16. The van der Waals surface area contributed by atoms with Gasteiger partial charge >= 0.3 is 0 Å². The van der Waals surface area contributed by atoms with Gasteiger partial charge in [0.25, 0.3) is 11.6 Å². The number of hydrogen-bond acceptors (Lipinski definition) is 5. The second-order valence-corrected chi connectivity index (χ2v) is 5.84. The molecule has 3 aromatic rings. The van der Waals surface area contributed by atoms with Gasteiger partial charge in [-0.05, 0) is 30.3 Å². The maximum absolute atomic E-state index is 12.2. The number of aromatic amines is 1. The number of ether oxygens (including phenoxy) is 1. The molecule has 0 fully saturated rings. The highest BCUT2D eigenvalue weighted by Crippen LogP contribution is 2.34. The van der Waals surface area contributed by atoms with Crippen LogP contribution in [-0.2, 0) is 0 Å². The number of aromatic nitrogens is 1. The number of guanidine groups is 1. The van der Waals surface area contributed by atoms with E-state index in [1.165, 1.54) is 31.3 Å². The van der Waals surface area contributed by atoms with Crippen molar-refractivity contribution in [2.45, 2.75) is 0 Å². The Morgan fingerprint density at radius 1 is 1.29 bits per heavy atom. The van der Waals surface area contributed by atoms with Gasteiger partial charge in [0, 0.05) is 24.6 Å². The summed E-state index contributed by atoms with van der Waals surface area (Å²) < 4.78 is 5.78. The van der Waals surface area contributed by atoms with E-state index in [-0.39, 0.29) is 29.7 Å². The number of H-pyrrole nitrogens is 1. The Hall–Kier alpha value is -3.30. The second-order valence-electron chi connectivity index (χ2n) is 5.43. The molecular formula is C17H15Cl2N5O4. The van der Waals surface area contributed by atoms with Crippen LogP contribution in [0.5, 0.6) is 11.5 Å². The highest BCUT2D eigenvalue weighted by molar-refractivity contribution is 6.36. The van der Waals surface area contributed by atoms with Crippen LogP contribution in [0, 0.1) is 10.1 Å². The number of non-ortho nitro benzene ring substituents is 1. The quantitative estimate of drug-likeness (QED) is 0.254. The Labute approximate surface area is 170 Å². The third-order valence-corrected chi connectivity index (χ3v) is 4.03. The van der Waals surface area contributed by atoms with Crippen LogP contribution in [-0.4, -0.2) is 28.8 Å². The molecule has 0 atom stereocenters. The number of nitrogens with two attached hydrogens (primary N) is 1. The highest BCUT2D eigenvalue weighted by atomic mass is 35.5. The normalized spacial score (nSPS) is 11.0. The number of nitrogens with zero attached hydrogens (tertiary/aromatic N) is 2. The number of fused-ring (bicyclic) bond motifs is 1. The SMILES string of the molecule is CN=C(N)NC(=O)c1cc2c(Cl)ccc(Oc3ccc([N+](=O)[O-])cc3)c2[nH]1.Cl. The van der Waals surface area contributed by atoms with Gasteiger partial charge in [-0.3, -0.25) is 25.2 Å². The van der Waals surface area contributed by atoms with E-state index in [1.54, 1.807) is 18.2 Å². The van der Waals surface area contributed by atoms with Crippen molar-refractivity contribution < 1.29 is 14.5 Å². The van der Waals surface area contributed by atoms with E-state index in [0.717, 1.165) is 0 Å². The summed E-state index contributed by atoms with van der Waals surface area (Å²) in [6, 6.07) is 10.5. The number of nitro benzene ring substituents is 1. The number of nitrogens with one attached hydrogen (secondary N) is 2. The molecule has 11 heteroatoms. The zero-order chi connectivity index (χ0) is 19.6. The molecule has 3 rings (SSSR count). The van der Waals surface area contributed by atoms with E-state index < -0.39 is 10.8 Å². The Morgan fingerprint density at radius 3 is 2.57 bits per heavy atom. The van der Waals surface area contributed by atoms with Gasteiger partial charge in [0.1, 0.15) is 11.4 Å². The van der Waals surface area contributed by atoms with Gasteiger partial charge in [0.05, 0.1) is 15.5 Å². The number of benzene rings is 2. The van der Waals surface area contributed by atoms with Gasteiger partial charge in [-0.25, -0.2) is 0 Å². The summed E-state index contributed by atoms with van der Waals surface area (Å²) in [6.45, 7) is 0.